The molecule has 2 rings (SSSR count). The van der Waals surface area contributed by atoms with Gasteiger partial charge in [-0.1, -0.05) is 17.7 Å². The normalized spacial score (nSPS) is 12.2. The fraction of sp³-hybridized carbons (Fsp3) is 0.300. The highest BCUT2D eigenvalue weighted by Gasteiger charge is 2.39. The summed E-state index contributed by atoms with van der Waals surface area (Å²) in [5.41, 5.74) is -1.83. The van der Waals surface area contributed by atoms with Crippen LogP contribution in [0, 0.1) is 11.6 Å². The van der Waals surface area contributed by atoms with Gasteiger partial charge in [0, 0.05) is 13.1 Å². The van der Waals surface area contributed by atoms with Crippen molar-refractivity contribution in [3.63, 3.8) is 0 Å². The Kier molecular flexibility index (Phi) is 8.42. The number of alkyl halides is 4. The first-order chi connectivity index (χ1) is 15.3. The number of nitrogens with one attached hydrogen (secondary N) is 2. The third-order valence-corrected chi connectivity index (χ3v) is 4.60. The first kappa shape index (κ1) is 26.1. The molecule has 0 saturated carbocycles. The number of hydrogen-bond acceptors (Lipinski definition) is 3. The van der Waals surface area contributed by atoms with Crippen molar-refractivity contribution in [2.24, 2.45) is 0 Å². The van der Waals surface area contributed by atoms with E-state index < -0.39 is 65.2 Å². The van der Waals surface area contributed by atoms with E-state index in [1.165, 1.54) is 19.2 Å². The van der Waals surface area contributed by atoms with E-state index in [9.17, 15) is 35.9 Å². The number of carbonyl (C=O) groups is 2. The third-order valence-electron chi connectivity index (χ3n) is 4.29. The molecule has 1 atom stereocenters. The second-order valence-corrected chi connectivity index (χ2v) is 7.13. The van der Waals surface area contributed by atoms with E-state index >= 15 is 0 Å². The minimum atomic E-state index is -4.85. The molecule has 0 bridgehead atoms. The van der Waals surface area contributed by atoms with Gasteiger partial charge in [-0.05, 0) is 25.1 Å². The topological polar surface area (TPSA) is 70.7 Å². The Hall–Kier alpha value is -3.15. The first-order valence-corrected chi connectivity index (χ1v) is 9.63. The Morgan fingerprint density at radius 3 is 2.39 bits per heavy atom. The van der Waals surface area contributed by atoms with E-state index in [2.05, 4.69) is 10.6 Å². The van der Waals surface area contributed by atoms with Crippen LogP contribution in [0.4, 0.5) is 42.5 Å². The third kappa shape index (κ3) is 6.67. The second-order valence-electron chi connectivity index (χ2n) is 6.72. The van der Waals surface area contributed by atoms with Crippen molar-refractivity contribution in [2.45, 2.75) is 19.2 Å². The molecule has 6 nitrogen and oxygen atoms in total. The largest absolute Gasteiger partial charge is 0.480 e. The predicted octanol–water partition coefficient (Wildman–Crippen LogP) is 5.63. The summed E-state index contributed by atoms with van der Waals surface area (Å²) in [7, 11) is 1.20. The van der Waals surface area contributed by atoms with Gasteiger partial charge in [-0.25, -0.2) is 18.0 Å². The van der Waals surface area contributed by atoms with Crippen molar-refractivity contribution >= 4 is 34.9 Å². The van der Waals surface area contributed by atoms with E-state index in [1.54, 1.807) is 0 Å². The van der Waals surface area contributed by atoms with E-state index in [0.29, 0.717) is 19.1 Å². The number of halogens is 7. The Labute approximate surface area is 189 Å². The minimum Gasteiger partial charge on any atom is -0.480 e. The number of nitrogens with zero attached hydrogens (tertiary/aromatic N) is 1. The standard InChI is InChI=1S/C20H18ClF6N3O3/c1-10(20(25,26)27)33-16-9-15(28-19(32)30(2)7-6-22)14(24)8-11(16)18(31)29-17-12(21)4-3-5-13(17)23/h3-5,8-10H,6-7H2,1-2H3,(H,28,32)(H,29,31). The minimum absolute atomic E-state index is 0.213. The van der Waals surface area contributed by atoms with Gasteiger partial charge in [0.2, 0.25) is 0 Å². The summed E-state index contributed by atoms with van der Waals surface area (Å²) in [6.45, 7) is -0.570. The summed E-state index contributed by atoms with van der Waals surface area (Å²) < 4.78 is 84.9. The maximum Gasteiger partial charge on any atom is 0.425 e. The van der Waals surface area contributed by atoms with Gasteiger partial charge in [0.05, 0.1) is 28.5 Å². The lowest BCUT2D eigenvalue weighted by Crippen LogP contribution is -2.33. The molecule has 1 unspecified atom stereocenters. The molecule has 2 aromatic rings. The molecule has 13 heteroatoms. The van der Waals surface area contributed by atoms with Gasteiger partial charge >= 0.3 is 12.2 Å². The molecule has 0 aliphatic rings. The molecule has 0 saturated heterocycles. The zero-order chi connectivity index (χ0) is 24.9. The van der Waals surface area contributed by atoms with Gasteiger partial charge in [0.1, 0.15) is 24.1 Å². The number of para-hydroxylation sites is 1. The van der Waals surface area contributed by atoms with Crippen LogP contribution in [-0.4, -0.2) is 49.4 Å². The average Bonchev–Trinajstić information content (AvgIpc) is 2.72. The van der Waals surface area contributed by atoms with Gasteiger partial charge in [-0.15, -0.1) is 0 Å². The lowest BCUT2D eigenvalue weighted by Gasteiger charge is -2.21. The quantitative estimate of drug-likeness (QED) is 0.487. The Morgan fingerprint density at radius 1 is 1.15 bits per heavy atom. The lowest BCUT2D eigenvalue weighted by molar-refractivity contribution is -0.189. The van der Waals surface area contributed by atoms with Crippen molar-refractivity contribution in [2.75, 3.05) is 30.9 Å². The van der Waals surface area contributed by atoms with E-state index in [-0.39, 0.29) is 11.6 Å². The number of carbonyl (C=O) groups excluding carboxylic acids is 2. The molecule has 0 spiro atoms. The molecule has 0 heterocycles. The molecule has 0 aliphatic heterocycles. The Balaban J connectivity index is 2.46. The molecule has 0 fully saturated rings. The smallest absolute Gasteiger partial charge is 0.425 e. The molecule has 0 aliphatic carbocycles. The van der Waals surface area contributed by atoms with Gasteiger partial charge in [-0.3, -0.25) is 4.79 Å². The van der Waals surface area contributed by atoms with Crippen LogP contribution in [-0.2, 0) is 0 Å². The second kappa shape index (κ2) is 10.6. The molecular formula is C20H18ClF6N3O3. The van der Waals surface area contributed by atoms with Crippen LogP contribution in [0.15, 0.2) is 30.3 Å². The number of amides is 3. The van der Waals surface area contributed by atoms with E-state index in [4.69, 9.17) is 16.3 Å². The van der Waals surface area contributed by atoms with Crippen LogP contribution in [0.5, 0.6) is 5.75 Å². The number of hydrogen-bond donors (Lipinski definition) is 2. The summed E-state index contributed by atoms with van der Waals surface area (Å²) >= 11 is 5.83. The summed E-state index contributed by atoms with van der Waals surface area (Å²) in [5.74, 6) is -4.14. The predicted molar refractivity (Wildman–Crippen MR) is 110 cm³/mol. The van der Waals surface area contributed by atoms with Crippen molar-refractivity contribution in [3.05, 3.63) is 52.6 Å². The van der Waals surface area contributed by atoms with Gasteiger partial charge in [0.25, 0.3) is 5.91 Å². The average molecular weight is 498 g/mol. The number of urea groups is 1. The SMILES string of the molecule is CC(Oc1cc(NC(=O)N(C)CCF)c(F)cc1C(=O)Nc1c(F)cccc1Cl)C(F)(F)F. The fourth-order valence-corrected chi connectivity index (χ4v) is 2.63. The van der Waals surface area contributed by atoms with Crippen LogP contribution in [0.3, 0.4) is 0 Å². The molecule has 0 aromatic heterocycles. The highest BCUT2D eigenvalue weighted by Crippen LogP contribution is 2.33. The maximum absolute atomic E-state index is 14.6. The molecular weight excluding hydrogens is 480 g/mol. The monoisotopic (exact) mass is 497 g/mol. The fourth-order valence-electron chi connectivity index (χ4n) is 2.42. The number of ether oxygens (including phenoxy) is 1. The van der Waals surface area contributed by atoms with Gasteiger partial charge in [0.15, 0.2) is 6.10 Å². The Bertz CT molecular complexity index is 1010. The van der Waals surface area contributed by atoms with Crippen LogP contribution in [0.25, 0.3) is 0 Å². The van der Waals surface area contributed by atoms with Crippen LogP contribution in [0.2, 0.25) is 5.02 Å². The van der Waals surface area contributed by atoms with Crippen molar-refractivity contribution in [3.8, 4) is 5.75 Å². The molecule has 2 N–H and O–H groups in total. The lowest BCUT2D eigenvalue weighted by atomic mass is 10.1. The zero-order valence-corrected chi connectivity index (χ0v) is 18.0. The van der Waals surface area contributed by atoms with Crippen LogP contribution < -0.4 is 15.4 Å². The summed E-state index contributed by atoms with van der Waals surface area (Å²) in [6, 6.07) is 3.68. The number of rotatable bonds is 7. The highest BCUT2D eigenvalue weighted by molar-refractivity contribution is 6.34. The van der Waals surface area contributed by atoms with E-state index in [0.717, 1.165) is 11.0 Å². The highest BCUT2D eigenvalue weighted by atomic mass is 35.5. The number of anilines is 2. The molecule has 3 amide bonds. The maximum atomic E-state index is 14.6. The van der Waals surface area contributed by atoms with Gasteiger partial charge in [-0.2, -0.15) is 13.2 Å². The van der Waals surface area contributed by atoms with Crippen LogP contribution >= 0.6 is 11.6 Å². The van der Waals surface area contributed by atoms with Crippen molar-refractivity contribution < 1.29 is 40.7 Å². The summed E-state index contributed by atoms with van der Waals surface area (Å²) in [6.07, 6.45) is -7.27. The first-order valence-electron chi connectivity index (χ1n) is 9.25. The zero-order valence-electron chi connectivity index (χ0n) is 17.2. The van der Waals surface area contributed by atoms with Crippen molar-refractivity contribution in [1.82, 2.24) is 4.90 Å². The van der Waals surface area contributed by atoms with Crippen LogP contribution in [0.1, 0.15) is 17.3 Å². The molecule has 2 aromatic carbocycles. The number of benzene rings is 2. The van der Waals surface area contributed by atoms with E-state index in [1.807, 2.05) is 0 Å². The molecule has 33 heavy (non-hydrogen) atoms. The Morgan fingerprint density at radius 2 is 1.82 bits per heavy atom. The van der Waals surface area contributed by atoms with Gasteiger partial charge < -0.3 is 20.3 Å². The van der Waals surface area contributed by atoms with Crippen molar-refractivity contribution in [1.29, 1.82) is 0 Å². The molecule has 180 valence electrons. The molecule has 0 radical (unpaired) electrons. The summed E-state index contributed by atoms with van der Waals surface area (Å²) in [5, 5.41) is 3.90. The summed E-state index contributed by atoms with van der Waals surface area (Å²) in [4.78, 5) is 25.5.